The van der Waals surface area contributed by atoms with Crippen LogP contribution < -0.4 is 10.6 Å². The number of hydrogen-bond donors (Lipinski definition) is 2. The number of hydrogen-bond acceptors (Lipinski definition) is 4. The van der Waals surface area contributed by atoms with Crippen LogP contribution in [0.5, 0.6) is 0 Å². The van der Waals surface area contributed by atoms with Crippen molar-refractivity contribution in [1.82, 2.24) is 9.97 Å². The molecule has 0 aliphatic carbocycles. The maximum Gasteiger partial charge on any atom is 0.225 e. The third-order valence-corrected chi connectivity index (χ3v) is 4.00. The van der Waals surface area contributed by atoms with E-state index < -0.39 is 0 Å². The Morgan fingerprint density at radius 2 is 1.58 bits per heavy atom. The van der Waals surface area contributed by atoms with E-state index in [-0.39, 0.29) is 5.54 Å². The summed E-state index contributed by atoms with van der Waals surface area (Å²) in [5, 5.41) is 6.83. The molecule has 134 valence electrons. The van der Waals surface area contributed by atoms with Gasteiger partial charge in [0.05, 0.1) is 5.69 Å². The normalized spacial score (nSPS) is 11.2. The van der Waals surface area contributed by atoms with Crippen molar-refractivity contribution in [1.29, 1.82) is 0 Å². The summed E-state index contributed by atoms with van der Waals surface area (Å²) in [5.74, 6) is 1.44. The van der Waals surface area contributed by atoms with Crippen molar-refractivity contribution in [3.05, 3.63) is 71.8 Å². The van der Waals surface area contributed by atoms with Crippen LogP contribution in [0.1, 0.15) is 31.9 Å². The second-order valence-corrected chi connectivity index (χ2v) is 7.48. The molecule has 0 radical (unpaired) electrons. The van der Waals surface area contributed by atoms with Crippen LogP contribution in [-0.4, -0.2) is 15.5 Å². The molecule has 0 aliphatic heterocycles. The lowest BCUT2D eigenvalue weighted by Gasteiger charge is -2.21. The van der Waals surface area contributed by atoms with Gasteiger partial charge in [-0.3, -0.25) is 0 Å². The molecule has 3 rings (SSSR count). The Kier molecular flexibility index (Phi) is 5.21. The first-order chi connectivity index (χ1) is 12.4. The molecule has 0 spiro atoms. The van der Waals surface area contributed by atoms with E-state index in [0.29, 0.717) is 5.95 Å². The molecule has 0 atom stereocenters. The highest BCUT2D eigenvalue weighted by Gasteiger charge is 2.14. The molecule has 0 amide bonds. The van der Waals surface area contributed by atoms with Gasteiger partial charge in [-0.2, -0.15) is 4.98 Å². The van der Waals surface area contributed by atoms with Gasteiger partial charge in [-0.25, -0.2) is 4.98 Å². The molecule has 1 heterocycles. The first-order valence-corrected chi connectivity index (χ1v) is 8.92. The van der Waals surface area contributed by atoms with Crippen LogP contribution in [0.15, 0.2) is 60.7 Å². The summed E-state index contributed by atoms with van der Waals surface area (Å²) < 4.78 is 0. The first kappa shape index (κ1) is 17.9. The molecule has 0 aliphatic rings. The van der Waals surface area contributed by atoms with Crippen molar-refractivity contribution < 1.29 is 0 Å². The Labute approximate surface area is 155 Å². The average molecular weight is 346 g/mol. The second-order valence-electron chi connectivity index (χ2n) is 7.48. The second kappa shape index (κ2) is 7.56. The number of aromatic nitrogens is 2. The molecule has 0 fully saturated rings. The quantitative estimate of drug-likeness (QED) is 0.660. The van der Waals surface area contributed by atoms with Crippen molar-refractivity contribution in [3.8, 4) is 11.3 Å². The number of aryl methyl sites for hydroxylation is 1. The smallest absolute Gasteiger partial charge is 0.225 e. The summed E-state index contributed by atoms with van der Waals surface area (Å²) in [7, 11) is 0. The summed E-state index contributed by atoms with van der Waals surface area (Å²) in [5.41, 5.74) is 4.40. The van der Waals surface area contributed by atoms with Gasteiger partial charge in [0.1, 0.15) is 5.82 Å². The van der Waals surface area contributed by atoms with Crippen LogP contribution in [0.4, 0.5) is 11.8 Å². The molecule has 0 unspecified atom stereocenters. The number of benzene rings is 2. The van der Waals surface area contributed by atoms with Crippen molar-refractivity contribution >= 4 is 11.8 Å². The molecule has 2 N–H and O–H groups in total. The monoisotopic (exact) mass is 346 g/mol. The molecule has 0 saturated heterocycles. The molecule has 26 heavy (non-hydrogen) atoms. The van der Waals surface area contributed by atoms with E-state index >= 15 is 0 Å². The molecular formula is C22H26N4. The SMILES string of the molecule is Cc1ccccc1CNc1cc(-c2ccccc2)nc(NC(C)(C)C)n1. The number of nitrogens with zero attached hydrogens (tertiary/aromatic N) is 2. The van der Waals surface area contributed by atoms with Gasteiger partial charge in [-0.1, -0.05) is 54.6 Å². The summed E-state index contributed by atoms with van der Waals surface area (Å²) in [6.07, 6.45) is 0. The van der Waals surface area contributed by atoms with Crippen LogP contribution >= 0.6 is 0 Å². The summed E-state index contributed by atoms with van der Waals surface area (Å²) in [6, 6.07) is 20.6. The molecule has 4 heteroatoms. The molecule has 3 aromatic rings. The van der Waals surface area contributed by atoms with Gasteiger partial charge in [0.2, 0.25) is 5.95 Å². The van der Waals surface area contributed by atoms with Crippen LogP contribution in [0.25, 0.3) is 11.3 Å². The van der Waals surface area contributed by atoms with E-state index in [1.807, 2.05) is 24.3 Å². The van der Waals surface area contributed by atoms with Crippen molar-refractivity contribution in [2.24, 2.45) is 0 Å². The van der Waals surface area contributed by atoms with Gasteiger partial charge in [0.25, 0.3) is 0 Å². The molecule has 0 saturated carbocycles. The van der Waals surface area contributed by atoms with Crippen molar-refractivity contribution in [3.63, 3.8) is 0 Å². The highest BCUT2D eigenvalue weighted by Crippen LogP contribution is 2.23. The maximum absolute atomic E-state index is 4.70. The largest absolute Gasteiger partial charge is 0.366 e. The van der Waals surface area contributed by atoms with E-state index in [0.717, 1.165) is 23.6 Å². The lowest BCUT2D eigenvalue weighted by Crippen LogP contribution is -2.27. The average Bonchev–Trinajstić information content (AvgIpc) is 2.60. The standard InChI is InChI=1S/C22H26N4/c1-16-10-8-9-13-18(16)15-23-20-14-19(17-11-6-5-7-12-17)24-21(25-20)26-22(2,3)4/h5-14H,15H2,1-4H3,(H2,23,24,25,26). The van der Waals surface area contributed by atoms with Gasteiger partial charge in [-0.15, -0.1) is 0 Å². The Bertz CT molecular complexity index is 867. The zero-order valence-corrected chi connectivity index (χ0v) is 15.9. The first-order valence-electron chi connectivity index (χ1n) is 8.92. The predicted molar refractivity (Wildman–Crippen MR) is 109 cm³/mol. The van der Waals surface area contributed by atoms with E-state index in [2.05, 4.69) is 79.7 Å². The minimum atomic E-state index is -0.109. The molecule has 0 bridgehead atoms. The number of rotatable bonds is 5. The van der Waals surface area contributed by atoms with E-state index in [1.54, 1.807) is 0 Å². The Balaban J connectivity index is 1.90. The summed E-state index contributed by atoms with van der Waals surface area (Å²) in [6.45, 7) is 9.16. The maximum atomic E-state index is 4.70. The third-order valence-electron chi connectivity index (χ3n) is 4.00. The predicted octanol–water partition coefficient (Wildman–Crippen LogP) is 5.27. The number of anilines is 2. The zero-order chi connectivity index (χ0) is 18.6. The number of nitrogens with one attached hydrogen (secondary N) is 2. The Morgan fingerprint density at radius 1 is 0.885 bits per heavy atom. The third kappa shape index (κ3) is 4.82. The highest BCUT2D eigenvalue weighted by molar-refractivity contribution is 5.64. The fourth-order valence-electron chi connectivity index (χ4n) is 2.68. The van der Waals surface area contributed by atoms with Crippen LogP contribution in [0, 0.1) is 6.92 Å². The van der Waals surface area contributed by atoms with Crippen molar-refractivity contribution in [2.75, 3.05) is 10.6 Å². The zero-order valence-electron chi connectivity index (χ0n) is 15.9. The molecular weight excluding hydrogens is 320 g/mol. The van der Waals surface area contributed by atoms with E-state index in [4.69, 9.17) is 4.98 Å². The highest BCUT2D eigenvalue weighted by atomic mass is 15.2. The van der Waals surface area contributed by atoms with Gasteiger partial charge in [-0.05, 0) is 38.8 Å². The lowest BCUT2D eigenvalue weighted by atomic mass is 10.1. The fraction of sp³-hybridized carbons (Fsp3) is 0.273. The molecule has 2 aromatic carbocycles. The Hall–Kier alpha value is -2.88. The van der Waals surface area contributed by atoms with Crippen LogP contribution in [-0.2, 0) is 6.54 Å². The van der Waals surface area contributed by atoms with Gasteiger partial charge in [0, 0.05) is 23.7 Å². The Morgan fingerprint density at radius 3 is 2.27 bits per heavy atom. The lowest BCUT2D eigenvalue weighted by molar-refractivity contribution is 0.626. The van der Waals surface area contributed by atoms with Crippen LogP contribution in [0.2, 0.25) is 0 Å². The van der Waals surface area contributed by atoms with Gasteiger partial charge in [0.15, 0.2) is 0 Å². The van der Waals surface area contributed by atoms with E-state index in [9.17, 15) is 0 Å². The van der Waals surface area contributed by atoms with Gasteiger partial charge >= 0.3 is 0 Å². The summed E-state index contributed by atoms with van der Waals surface area (Å²) >= 11 is 0. The van der Waals surface area contributed by atoms with Crippen molar-refractivity contribution in [2.45, 2.75) is 39.8 Å². The molecule has 4 nitrogen and oxygen atoms in total. The topological polar surface area (TPSA) is 49.8 Å². The fourth-order valence-corrected chi connectivity index (χ4v) is 2.68. The van der Waals surface area contributed by atoms with E-state index in [1.165, 1.54) is 11.1 Å². The summed E-state index contributed by atoms with van der Waals surface area (Å²) in [4.78, 5) is 9.36. The molecule has 1 aromatic heterocycles. The minimum absolute atomic E-state index is 0.109. The van der Waals surface area contributed by atoms with Gasteiger partial charge < -0.3 is 10.6 Å². The van der Waals surface area contributed by atoms with Crippen LogP contribution in [0.3, 0.4) is 0 Å². The minimum Gasteiger partial charge on any atom is -0.366 e.